The number of nitrogens with zero attached hydrogens (tertiary/aromatic N) is 1. The maximum absolute atomic E-state index is 14.2. The van der Waals surface area contributed by atoms with E-state index >= 15 is 0 Å². The van der Waals surface area contributed by atoms with Gasteiger partial charge in [-0.25, -0.2) is 9.18 Å². The minimum Gasteiger partial charge on any atom is -0.490 e. The van der Waals surface area contributed by atoms with Crippen molar-refractivity contribution in [3.63, 3.8) is 0 Å². The molecule has 1 aromatic heterocycles. The van der Waals surface area contributed by atoms with Crippen molar-refractivity contribution in [2.75, 3.05) is 30.0 Å². The fourth-order valence-electron chi connectivity index (χ4n) is 8.58. The maximum Gasteiger partial charge on any atom is 0.338 e. The molecule has 4 aliphatic rings. The highest BCUT2D eigenvalue weighted by Gasteiger charge is 2.69. The van der Waals surface area contributed by atoms with Crippen LogP contribution in [0.3, 0.4) is 0 Å². The normalized spacial score (nSPS) is 25.4. The van der Waals surface area contributed by atoms with Crippen LogP contribution in [0.25, 0.3) is 0 Å². The first-order chi connectivity index (χ1) is 25.2. The SMILES string of the molecule is CCOC(=O)c1ccc(N2C(=O)C3C4CC(C3C2=O)C2C4Sc3[nH]c(=O)sc3[C@@H]2c2ccc(OCC(=O)Nc3ccc(F)cc3)c(OCC)c2)cc1. The second-order valence-corrected chi connectivity index (χ2v) is 15.4. The summed E-state index contributed by atoms with van der Waals surface area (Å²) in [5.41, 5.74) is 2.08. The van der Waals surface area contributed by atoms with Gasteiger partial charge in [0.1, 0.15) is 5.82 Å². The number of anilines is 2. The Kier molecular flexibility index (Phi) is 8.90. The van der Waals surface area contributed by atoms with Crippen LogP contribution >= 0.6 is 23.1 Å². The molecule has 2 aliphatic carbocycles. The molecule has 6 unspecified atom stereocenters. The molecule has 11 nitrogen and oxygen atoms in total. The van der Waals surface area contributed by atoms with E-state index in [1.54, 1.807) is 49.0 Å². The largest absolute Gasteiger partial charge is 0.490 e. The number of thiazole rings is 1. The van der Waals surface area contributed by atoms with Gasteiger partial charge in [0.05, 0.1) is 41.3 Å². The van der Waals surface area contributed by atoms with Crippen molar-refractivity contribution in [1.29, 1.82) is 0 Å². The monoisotopic (exact) mass is 743 g/mol. The van der Waals surface area contributed by atoms with E-state index in [4.69, 9.17) is 14.2 Å². The summed E-state index contributed by atoms with van der Waals surface area (Å²) in [7, 11) is 0. The number of H-pyrrole nitrogens is 1. The first kappa shape index (κ1) is 34.2. The number of carbonyl (C=O) groups is 4. The van der Waals surface area contributed by atoms with E-state index in [-0.39, 0.29) is 58.8 Å². The Hall–Kier alpha value is -4.95. The predicted molar refractivity (Wildman–Crippen MR) is 192 cm³/mol. The van der Waals surface area contributed by atoms with Crippen molar-refractivity contribution in [1.82, 2.24) is 4.98 Å². The molecule has 0 spiro atoms. The third kappa shape index (κ3) is 5.77. The minimum atomic E-state index is -0.502. The lowest BCUT2D eigenvalue weighted by Crippen LogP contribution is -2.42. The number of halogens is 1. The minimum absolute atomic E-state index is 0.0153. The van der Waals surface area contributed by atoms with E-state index in [1.807, 2.05) is 19.1 Å². The van der Waals surface area contributed by atoms with Crippen LogP contribution in [0.15, 0.2) is 76.6 Å². The lowest BCUT2D eigenvalue weighted by molar-refractivity contribution is -0.123. The summed E-state index contributed by atoms with van der Waals surface area (Å²) < 4.78 is 30.2. The number of thioether (sulfide) groups is 1. The van der Waals surface area contributed by atoms with Crippen molar-refractivity contribution in [2.24, 2.45) is 29.6 Å². The number of hydrogen-bond acceptors (Lipinski definition) is 10. The number of rotatable bonds is 10. The number of imide groups is 1. The lowest BCUT2D eigenvalue weighted by atomic mass is 9.68. The summed E-state index contributed by atoms with van der Waals surface area (Å²) in [6.45, 7) is 3.83. The zero-order valence-electron chi connectivity index (χ0n) is 28.1. The number of ether oxygens (including phenoxy) is 3. The Morgan fingerprint density at radius 2 is 1.63 bits per heavy atom. The molecular weight excluding hydrogens is 710 g/mol. The second-order valence-electron chi connectivity index (χ2n) is 13.2. The summed E-state index contributed by atoms with van der Waals surface area (Å²) in [5, 5.41) is 3.45. The van der Waals surface area contributed by atoms with Crippen LogP contribution in [0.5, 0.6) is 11.5 Å². The first-order valence-corrected chi connectivity index (χ1v) is 18.9. The van der Waals surface area contributed by atoms with Crippen LogP contribution < -0.4 is 24.6 Å². The van der Waals surface area contributed by atoms with Crippen LogP contribution in [0, 0.1) is 35.4 Å². The summed E-state index contributed by atoms with van der Waals surface area (Å²) >= 11 is 2.76. The second kappa shape index (κ2) is 13.6. The number of aromatic nitrogens is 1. The van der Waals surface area contributed by atoms with Gasteiger partial charge in [0.25, 0.3) is 5.91 Å². The number of hydrogen-bond donors (Lipinski definition) is 2. The summed E-state index contributed by atoms with van der Waals surface area (Å²) in [5.74, 6) is -2.43. The van der Waals surface area contributed by atoms with Gasteiger partial charge in [-0.2, -0.15) is 0 Å². The average molecular weight is 744 g/mol. The van der Waals surface area contributed by atoms with E-state index in [2.05, 4.69) is 10.3 Å². The van der Waals surface area contributed by atoms with Gasteiger partial charge >= 0.3 is 10.8 Å². The van der Waals surface area contributed by atoms with Crippen LogP contribution in [0.4, 0.5) is 15.8 Å². The van der Waals surface area contributed by atoms with Gasteiger partial charge in [-0.3, -0.25) is 24.1 Å². The van der Waals surface area contributed by atoms with E-state index in [9.17, 15) is 28.4 Å². The molecule has 2 aliphatic heterocycles. The number of aromatic amines is 1. The molecule has 0 radical (unpaired) electrons. The van der Waals surface area contributed by atoms with E-state index < -0.39 is 29.5 Å². The van der Waals surface area contributed by atoms with Crippen molar-refractivity contribution < 1.29 is 37.8 Å². The summed E-state index contributed by atoms with van der Waals surface area (Å²) in [4.78, 5) is 70.8. The Morgan fingerprint density at radius 3 is 2.35 bits per heavy atom. The molecule has 8 rings (SSSR count). The molecule has 268 valence electrons. The number of carbonyl (C=O) groups excluding carboxylic acids is 4. The lowest BCUT2D eigenvalue weighted by Gasteiger charge is -2.43. The number of fused-ring (bicyclic) bond motifs is 9. The number of esters is 1. The average Bonchev–Trinajstić information content (AvgIpc) is 3.87. The van der Waals surface area contributed by atoms with Gasteiger partial charge in [0.15, 0.2) is 18.1 Å². The van der Waals surface area contributed by atoms with Gasteiger partial charge in [-0.1, -0.05) is 17.4 Å². The van der Waals surface area contributed by atoms with Gasteiger partial charge in [-0.05, 0) is 104 Å². The van der Waals surface area contributed by atoms with E-state index in [0.29, 0.717) is 35.0 Å². The zero-order chi connectivity index (χ0) is 36.3. The Balaban J connectivity index is 1.08. The molecule has 3 amide bonds. The molecule has 2 N–H and O–H groups in total. The Bertz CT molecular complexity index is 2130. The molecule has 7 atom stereocenters. The molecule has 2 saturated carbocycles. The molecule has 1 saturated heterocycles. The molecule has 4 aromatic rings. The van der Waals surface area contributed by atoms with Crippen LogP contribution in [0.1, 0.15) is 47.0 Å². The van der Waals surface area contributed by atoms with Gasteiger partial charge < -0.3 is 24.5 Å². The highest BCUT2D eigenvalue weighted by molar-refractivity contribution is 8.00. The number of benzene rings is 3. The molecule has 3 aromatic carbocycles. The van der Waals surface area contributed by atoms with Crippen LogP contribution in [0.2, 0.25) is 0 Å². The quantitative estimate of drug-likeness (QED) is 0.151. The Labute approximate surface area is 305 Å². The molecular formula is C38H34FN3O8S2. The van der Waals surface area contributed by atoms with Crippen LogP contribution in [-0.4, -0.2) is 53.7 Å². The van der Waals surface area contributed by atoms with Gasteiger partial charge in [0.2, 0.25) is 11.8 Å². The molecule has 2 bridgehead atoms. The van der Waals surface area contributed by atoms with Crippen molar-refractivity contribution in [3.05, 3.63) is 98.2 Å². The van der Waals surface area contributed by atoms with Gasteiger partial charge in [0, 0.05) is 21.7 Å². The first-order valence-electron chi connectivity index (χ1n) is 17.2. The summed E-state index contributed by atoms with van der Waals surface area (Å²) in [6, 6.07) is 17.3. The summed E-state index contributed by atoms with van der Waals surface area (Å²) in [6.07, 6.45) is 0.725. The fraction of sp³-hybridized carbons (Fsp3) is 0.342. The number of nitrogens with one attached hydrogen (secondary N) is 2. The number of amides is 3. The topological polar surface area (TPSA) is 144 Å². The molecule has 52 heavy (non-hydrogen) atoms. The molecule has 3 heterocycles. The van der Waals surface area contributed by atoms with Crippen molar-refractivity contribution in [2.45, 2.75) is 36.5 Å². The fourth-order valence-corrected chi connectivity index (χ4v) is 11.5. The van der Waals surface area contributed by atoms with E-state index in [0.717, 1.165) is 33.2 Å². The highest BCUT2D eigenvalue weighted by atomic mass is 32.2. The third-order valence-electron chi connectivity index (χ3n) is 10.5. The standard InChI is InChI=1S/C38H34FN3O8S2/c1-3-48-26-15-19(7-14-25(26)50-17-27(43)40-21-10-8-20(39)9-11-21)28-29-23-16-24(32(29)51-34-33(28)52-38(47)41-34)31-30(23)35(44)42(36(31)45)22-12-5-18(6-13-22)37(46)49-4-2/h5-15,23-24,28-32H,3-4,16-17H2,1-2H3,(H,40,43)(H,41,47)/t23?,24?,28-,29?,30?,31?,32?/m1/s1. The predicted octanol–water partition coefficient (Wildman–Crippen LogP) is 5.85. The maximum atomic E-state index is 14.2. The van der Waals surface area contributed by atoms with Gasteiger partial charge in [-0.15, -0.1) is 11.8 Å². The molecule has 14 heteroatoms. The van der Waals surface area contributed by atoms with E-state index in [1.165, 1.54) is 29.2 Å². The third-order valence-corrected chi connectivity index (χ3v) is 13.1. The highest BCUT2D eigenvalue weighted by Crippen LogP contribution is 2.68. The van der Waals surface area contributed by atoms with Crippen LogP contribution in [-0.2, 0) is 19.1 Å². The zero-order valence-corrected chi connectivity index (χ0v) is 29.8. The van der Waals surface area contributed by atoms with Crippen molar-refractivity contribution in [3.8, 4) is 11.5 Å². The Morgan fingerprint density at radius 1 is 0.904 bits per heavy atom. The smallest absolute Gasteiger partial charge is 0.338 e. The van der Waals surface area contributed by atoms with Crippen molar-refractivity contribution >= 4 is 58.2 Å². The molecule has 3 fully saturated rings.